The molecule has 0 unspecified atom stereocenters. The van der Waals surface area contributed by atoms with Crippen molar-refractivity contribution in [1.29, 1.82) is 0 Å². The third-order valence-electron chi connectivity index (χ3n) is 2.94. The standard InChI is InChI=1S/C13H23N5O7/c1-6(11(23)15-4-10(21)22)17-13(25)8(5-19)18-12(24)7(2)16-9(20)3-14/h6-8,19H,3-5,14H2,1-2H3,(H,15,23)(H,16,20)(H,17,25)(H,18,24)(H,21,22)/t6-,7-,8-/m0/s1. The van der Waals surface area contributed by atoms with Gasteiger partial charge in [-0.2, -0.15) is 0 Å². The maximum absolute atomic E-state index is 12.0. The second-order valence-corrected chi connectivity index (χ2v) is 5.08. The lowest BCUT2D eigenvalue weighted by atomic mass is 10.2. The highest BCUT2D eigenvalue weighted by Gasteiger charge is 2.26. The Labute approximate surface area is 143 Å². The minimum Gasteiger partial charge on any atom is -0.480 e. The summed E-state index contributed by atoms with van der Waals surface area (Å²) in [6.45, 7) is 0.979. The van der Waals surface area contributed by atoms with E-state index in [1.165, 1.54) is 13.8 Å². The molecule has 0 saturated heterocycles. The maximum atomic E-state index is 12.0. The molecule has 0 aromatic carbocycles. The Morgan fingerprint density at radius 2 is 1.48 bits per heavy atom. The third kappa shape index (κ3) is 8.62. The van der Waals surface area contributed by atoms with Crippen LogP contribution in [-0.2, 0) is 24.0 Å². The van der Waals surface area contributed by atoms with Gasteiger partial charge in [0.25, 0.3) is 0 Å². The number of nitrogens with one attached hydrogen (secondary N) is 4. The maximum Gasteiger partial charge on any atom is 0.322 e. The fourth-order valence-electron chi connectivity index (χ4n) is 1.55. The number of aliphatic hydroxyl groups is 1. The molecule has 0 fully saturated rings. The number of aliphatic carboxylic acids is 1. The van der Waals surface area contributed by atoms with Crippen LogP contribution in [0.3, 0.4) is 0 Å². The average molecular weight is 361 g/mol. The van der Waals surface area contributed by atoms with Crippen molar-refractivity contribution in [2.24, 2.45) is 5.73 Å². The van der Waals surface area contributed by atoms with Crippen LogP contribution >= 0.6 is 0 Å². The summed E-state index contributed by atoms with van der Waals surface area (Å²) in [5.41, 5.74) is 5.10. The monoisotopic (exact) mass is 361 g/mol. The van der Waals surface area contributed by atoms with Gasteiger partial charge in [0, 0.05) is 0 Å². The van der Waals surface area contributed by atoms with Gasteiger partial charge in [-0.3, -0.25) is 24.0 Å². The van der Waals surface area contributed by atoms with Gasteiger partial charge in [0.2, 0.25) is 23.6 Å². The van der Waals surface area contributed by atoms with Gasteiger partial charge in [-0.05, 0) is 13.8 Å². The zero-order valence-electron chi connectivity index (χ0n) is 13.9. The molecular weight excluding hydrogens is 338 g/mol. The highest BCUT2D eigenvalue weighted by molar-refractivity contribution is 5.94. The van der Waals surface area contributed by atoms with Crippen molar-refractivity contribution in [3.63, 3.8) is 0 Å². The van der Waals surface area contributed by atoms with Crippen molar-refractivity contribution in [3.8, 4) is 0 Å². The first kappa shape index (κ1) is 22.3. The third-order valence-corrected chi connectivity index (χ3v) is 2.94. The molecule has 4 amide bonds. The van der Waals surface area contributed by atoms with Crippen molar-refractivity contribution in [2.45, 2.75) is 32.0 Å². The zero-order chi connectivity index (χ0) is 19.6. The van der Waals surface area contributed by atoms with E-state index >= 15 is 0 Å². The van der Waals surface area contributed by atoms with E-state index in [0.717, 1.165) is 0 Å². The van der Waals surface area contributed by atoms with Crippen molar-refractivity contribution < 1.29 is 34.2 Å². The summed E-state index contributed by atoms with van der Waals surface area (Å²) in [4.78, 5) is 56.9. The molecule has 12 nitrogen and oxygen atoms in total. The molecule has 0 aliphatic carbocycles. The van der Waals surface area contributed by atoms with Gasteiger partial charge in [-0.1, -0.05) is 0 Å². The first-order chi connectivity index (χ1) is 11.6. The Morgan fingerprint density at radius 1 is 0.920 bits per heavy atom. The number of carboxylic acids is 1. The number of nitrogens with two attached hydrogens (primary N) is 1. The SMILES string of the molecule is C[C@H](NC(=O)CN)C(=O)N[C@@H](CO)C(=O)N[C@@H](C)C(=O)NCC(=O)O. The lowest BCUT2D eigenvalue weighted by Crippen LogP contribution is -2.57. The Bertz CT molecular complexity index is 525. The highest BCUT2D eigenvalue weighted by atomic mass is 16.4. The lowest BCUT2D eigenvalue weighted by molar-refractivity contribution is -0.138. The Hall–Kier alpha value is -2.73. The van der Waals surface area contributed by atoms with E-state index in [1.807, 2.05) is 0 Å². The molecule has 0 radical (unpaired) electrons. The number of aliphatic hydroxyl groups excluding tert-OH is 1. The lowest BCUT2D eigenvalue weighted by Gasteiger charge is -2.21. The first-order valence-electron chi connectivity index (χ1n) is 7.32. The van der Waals surface area contributed by atoms with Crippen LogP contribution in [0.15, 0.2) is 0 Å². The van der Waals surface area contributed by atoms with Crippen molar-refractivity contribution in [3.05, 3.63) is 0 Å². The number of amides is 4. The Kier molecular flexibility index (Phi) is 9.74. The largest absolute Gasteiger partial charge is 0.480 e. The van der Waals surface area contributed by atoms with Crippen LogP contribution in [0, 0.1) is 0 Å². The van der Waals surface area contributed by atoms with Gasteiger partial charge < -0.3 is 37.2 Å². The fraction of sp³-hybridized carbons (Fsp3) is 0.615. The van der Waals surface area contributed by atoms with E-state index in [2.05, 4.69) is 21.3 Å². The molecule has 0 aliphatic heterocycles. The minimum absolute atomic E-state index is 0.315. The molecule has 0 saturated carbocycles. The van der Waals surface area contributed by atoms with Crippen LogP contribution in [0.25, 0.3) is 0 Å². The summed E-state index contributed by atoms with van der Waals surface area (Å²) in [6, 6.07) is -3.44. The molecule has 0 rings (SSSR count). The van der Waals surface area contributed by atoms with E-state index in [0.29, 0.717) is 0 Å². The zero-order valence-corrected chi connectivity index (χ0v) is 13.9. The van der Waals surface area contributed by atoms with Gasteiger partial charge in [-0.25, -0.2) is 0 Å². The van der Waals surface area contributed by atoms with Crippen LogP contribution in [0.5, 0.6) is 0 Å². The predicted octanol–water partition coefficient (Wildman–Crippen LogP) is -4.37. The van der Waals surface area contributed by atoms with Gasteiger partial charge in [0.1, 0.15) is 24.7 Å². The second kappa shape index (κ2) is 10.9. The number of rotatable bonds is 10. The summed E-state index contributed by atoms with van der Waals surface area (Å²) < 4.78 is 0. The fourth-order valence-corrected chi connectivity index (χ4v) is 1.55. The number of hydrogen-bond acceptors (Lipinski definition) is 7. The molecule has 0 heterocycles. The summed E-state index contributed by atoms with van der Waals surface area (Å²) in [7, 11) is 0. The molecular formula is C13H23N5O7. The summed E-state index contributed by atoms with van der Waals surface area (Å²) in [5, 5.41) is 26.5. The number of carbonyl (C=O) groups is 5. The number of hydrogen-bond donors (Lipinski definition) is 7. The Morgan fingerprint density at radius 3 is 1.96 bits per heavy atom. The van der Waals surface area contributed by atoms with E-state index in [1.54, 1.807) is 0 Å². The van der Waals surface area contributed by atoms with Gasteiger partial charge >= 0.3 is 5.97 Å². The molecule has 0 aromatic heterocycles. The number of carbonyl (C=O) groups excluding carboxylic acids is 4. The molecule has 142 valence electrons. The van der Waals surface area contributed by atoms with Gasteiger partial charge in [0.05, 0.1) is 13.2 Å². The quantitative estimate of drug-likeness (QED) is 0.202. The molecule has 12 heteroatoms. The van der Waals surface area contributed by atoms with E-state index in [-0.39, 0.29) is 6.54 Å². The van der Waals surface area contributed by atoms with Gasteiger partial charge in [-0.15, -0.1) is 0 Å². The molecule has 0 aliphatic rings. The van der Waals surface area contributed by atoms with Crippen LogP contribution in [-0.4, -0.2) is 77.6 Å². The van der Waals surface area contributed by atoms with E-state index < -0.39 is 60.9 Å². The van der Waals surface area contributed by atoms with E-state index in [9.17, 15) is 29.1 Å². The average Bonchev–Trinajstić information content (AvgIpc) is 2.56. The smallest absolute Gasteiger partial charge is 0.322 e. The van der Waals surface area contributed by atoms with Crippen LogP contribution < -0.4 is 27.0 Å². The summed E-state index contributed by atoms with van der Waals surface area (Å²) in [5.74, 6) is -4.16. The van der Waals surface area contributed by atoms with Crippen LogP contribution in [0.4, 0.5) is 0 Å². The van der Waals surface area contributed by atoms with Crippen molar-refractivity contribution >= 4 is 29.6 Å². The number of carboxylic acid groups (broad SMARTS) is 1. The van der Waals surface area contributed by atoms with Gasteiger partial charge in [0.15, 0.2) is 0 Å². The first-order valence-corrected chi connectivity index (χ1v) is 7.32. The van der Waals surface area contributed by atoms with E-state index in [4.69, 9.17) is 10.8 Å². The molecule has 0 bridgehead atoms. The van der Waals surface area contributed by atoms with Crippen LogP contribution in [0.2, 0.25) is 0 Å². The molecule has 0 aromatic rings. The predicted molar refractivity (Wildman–Crippen MR) is 83.9 cm³/mol. The summed E-state index contributed by atoms with van der Waals surface area (Å²) >= 11 is 0. The highest BCUT2D eigenvalue weighted by Crippen LogP contribution is 1.91. The summed E-state index contributed by atoms with van der Waals surface area (Å²) in [6.07, 6.45) is 0. The normalized spacial score (nSPS) is 13.8. The topological polar surface area (TPSA) is 200 Å². The Balaban J connectivity index is 4.59. The molecule has 0 spiro atoms. The molecule has 25 heavy (non-hydrogen) atoms. The molecule has 8 N–H and O–H groups in total. The van der Waals surface area contributed by atoms with Crippen molar-refractivity contribution in [1.82, 2.24) is 21.3 Å². The second-order valence-electron chi connectivity index (χ2n) is 5.08. The molecule has 3 atom stereocenters. The van der Waals surface area contributed by atoms with Crippen molar-refractivity contribution in [2.75, 3.05) is 19.7 Å². The van der Waals surface area contributed by atoms with Crippen LogP contribution in [0.1, 0.15) is 13.8 Å². The minimum atomic E-state index is -1.36.